The van der Waals surface area contributed by atoms with E-state index in [2.05, 4.69) is 28.4 Å². The van der Waals surface area contributed by atoms with Crippen LogP contribution < -0.4 is 15.8 Å². The van der Waals surface area contributed by atoms with Crippen molar-refractivity contribution >= 4 is 39.0 Å². The summed E-state index contributed by atoms with van der Waals surface area (Å²) in [5, 5.41) is 22.9. The van der Waals surface area contributed by atoms with Crippen LogP contribution in [0.5, 0.6) is 11.5 Å². The number of nitrogens with one attached hydrogen (secondary N) is 1. The van der Waals surface area contributed by atoms with Crippen LogP contribution in [0.3, 0.4) is 0 Å². The predicted octanol–water partition coefficient (Wildman–Crippen LogP) is 5.21. The number of amides is 1. The Balaban J connectivity index is 1.42. The number of nitrogens with zero attached hydrogens (tertiary/aromatic N) is 1. The van der Waals surface area contributed by atoms with Crippen molar-refractivity contribution in [2.24, 2.45) is 5.73 Å². The zero-order valence-electron chi connectivity index (χ0n) is 22.4. The van der Waals surface area contributed by atoms with Gasteiger partial charge in [-0.15, -0.1) is 11.3 Å². The Labute approximate surface area is 237 Å². The average molecular weight is 560 g/mol. The fourth-order valence-corrected chi connectivity index (χ4v) is 6.43. The second-order valence-corrected chi connectivity index (χ2v) is 11.2. The molecule has 0 saturated carbocycles. The molecular formula is C31H33N3O5S. The molecule has 208 valence electrons. The molecule has 0 bridgehead atoms. The highest BCUT2D eigenvalue weighted by atomic mass is 32.1. The molecule has 0 radical (unpaired) electrons. The summed E-state index contributed by atoms with van der Waals surface area (Å²) in [5.41, 5.74) is 10.5. The van der Waals surface area contributed by atoms with Crippen molar-refractivity contribution in [3.8, 4) is 21.9 Å². The Morgan fingerprint density at radius 1 is 1.07 bits per heavy atom. The van der Waals surface area contributed by atoms with Gasteiger partial charge in [-0.1, -0.05) is 24.3 Å². The number of benzene rings is 3. The number of ether oxygens (including phenoxy) is 1. The van der Waals surface area contributed by atoms with E-state index < -0.39 is 17.9 Å². The zero-order chi connectivity index (χ0) is 28.2. The number of thiophene rings is 1. The summed E-state index contributed by atoms with van der Waals surface area (Å²) < 4.78 is 6.77. The molecule has 40 heavy (non-hydrogen) atoms. The Hall–Kier alpha value is -3.92. The average Bonchev–Trinajstić information content (AvgIpc) is 3.57. The third-order valence-electron chi connectivity index (χ3n) is 7.25. The number of aromatic hydroxyl groups is 1. The molecule has 4 aromatic rings. The molecular weight excluding hydrogens is 526 g/mol. The Bertz CT molecular complexity index is 1530. The highest BCUT2D eigenvalue weighted by Crippen LogP contribution is 2.41. The molecule has 2 heterocycles. The van der Waals surface area contributed by atoms with Gasteiger partial charge in [0.1, 0.15) is 17.5 Å². The molecule has 1 aromatic heterocycles. The molecule has 1 saturated heterocycles. The van der Waals surface area contributed by atoms with E-state index in [0.717, 1.165) is 57.0 Å². The number of nitrogens with two attached hydrogens (primary N) is 1. The standard InChI is InChI=1S/C31H33N3O5S/c1-39-27-15-19(4-5-21(27)18-34-12-2-3-13-34)14-25-24-11-10-23(35)16-28(24)40-30(25)20-6-8-22(9-7-20)33-29(36)17-26(32)31(37)38/h4-11,15-16,26,35H,2-3,12-14,17-18,32H2,1H3,(H,33,36)(H,37,38)/t26-/m1/s1. The fourth-order valence-electron chi connectivity index (χ4n) is 5.17. The number of fused-ring (bicyclic) bond motifs is 1. The van der Waals surface area contributed by atoms with Gasteiger partial charge in [0, 0.05) is 27.4 Å². The van der Waals surface area contributed by atoms with Crippen molar-refractivity contribution in [2.45, 2.75) is 38.3 Å². The lowest BCUT2D eigenvalue weighted by atomic mass is 9.97. The van der Waals surface area contributed by atoms with Crippen molar-refractivity contribution < 1.29 is 24.5 Å². The van der Waals surface area contributed by atoms with E-state index in [-0.39, 0.29) is 12.2 Å². The number of carbonyl (C=O) groups excluding carboxylic acids is 1. The third kappa shape index (κ3) is 6.28. The number of likely N-dealkylation sites (tertiary alicyclic amines) is 1. The van der Waals surface area contributed by atoms with Crippen molar-refractivity contribution in [3.05, 3.63) is 77.4 Å². The van der Waals surface area contributed by atoms with Gasteiger partial charge in [0.2, 0.25) is 5.91 Å². The zero-order valence-corrected chi connectivity index (χ0v) is 23.2. The van der Waals surface area contributed by atoms with Gasteiger partial charge in [0.15, 0.2) is 0 Å². The second kappa shape index (κ2) is 12.1. The molecule has 1 aliphatic rings. The Morgan fingerprint density at radius 3 is 2.52 bits per heavy atom. The smallest absolute Gasteiger partial charge is 0.321 e. The van der Waals surface area contributed by atoms with E-state index in [0.29, 0.717) is 12.1 Å². The van der Waals surface area contributed by atoms with Gasteiger partial charge >= 0.3 is 5.97 Å². The molecule has 1 atom stereocenters. The third-order valence-corrected chi connectivity index (χ3v) is 8.50. The lowest BCUT2D eigenvalue weighted by Crippen LogP contribution is -2.34. The number of carboxylic acids is 1. The summed E-state index contributed by atoms with van der Waals surface area (Å²) >= 11 is 1.61. The molecule has 0 spiro atoms. The minimum atomic E-state index is -1.25. The lowest BCUT2D eigenvalue weighted by Gasteiger charge is -2.18. The van der Waals surface area contributed by atoms with Crippen LogP contribution in [0.25, 0.3) is 20.5 Å². The van der Waals surface area contributed by atoms with Crippen LogP contribution >= 0.6 is 11.3 Å². The van der Waals surface area contributed by atoms with E-state index >= 15 is 0 Å². The first kappa shape index (κ1) is 27.6. The molecule has 3 aromatic carbocycles. The molecule has 1 aliphatic heterocycles. The molecule has 1 amide bonds. The van der Waals surface area contributed by atoms with Crippen LogP contribution in [0.4, 0.5) is 5.69 Å². The van der Waals surface area contributed by atoms with Crippen molar-refractivity contribution in [1.82, 2.24) is 4.90 Å². The van der Waals surface area contributed by atoms with Crippen LogP contribution in [0, 0.1) is 0 Å². The molecule has 8 nitrogen and oxygen atoms in total. The van der Waals surface area contributed by atoms with Crippen LogP contribution in [-0.4, -0.2) is 53.2 Å². The van der Waals surface area contributed by atoms with Crippen LogP contribution in [-0.2, 0) is 22.6 Å². The number of phenolic OH excluding ortho intramolecular Hbond substituents is 1. The number of hydrogen-bond acceptors (Lipinski definition) is 7. The predicted molar refractivity (Wildman–Crippen MR) is 158 cm³/mol. The maximum atomic E-state index is 12.2. The van der Waals surface area contributed by atoms with Gasteiger partial charge < -0.3 is 26.0 Å². The number of carbonyl (C=O) groups is 2. The summed E-state index contributed by atoms with van der Waals surface area (Å²) in [6.45, 7) is 3.14. The van der Waals surface area contributed by atoms with Gasteiger partial charge in [0.05, 0.1) is 13.5 Å². The van der Waals surface area contributed by atoms with E-state index in [9.17, 15) is 14.7 Å². The van der Waals surface area contributed by atoms with E-state index in [1.165, 1.54) is 18.4 Å². The Morgan fingerprint density at radius 2 is 1.82 bits per heavy atom. The highest BCUT2D eigenvalue weighted by Gasteiger charge is 2.19. The van der Waals surface area contributed by atoms with Crippen LogP contribution in [0.2, 0.25) is 0 Å². The quantitative estimate of drug-likeness (QED) is 0.210. The monoisotopic (exact) mass is 559 g/mol. The topological polar surface area (TPSA) is 125 Å². The molecule has 0 unspecified atom stereocenters. The first-order valence-electron chi connectivity index (χ1n) is 13.3. The van der Waals surface area contributed by atoms with E-state index in [1.54, 1.807) is 42.7 Å². The minimum Gasteiger partial charge on any atom is -0.508 e. The second-order valence-electron chi connectivity index (χ2n) is 10.2. The SMILES string of the molecule is COc1cc(Cc2c(-c3ccc(NC(=O)C[C@@H](N)C(=O)O)cc3)sc3cc(O)ccc23)ccc1CN1CCCC1. The number of rotatable bonds is 10. The van der Waals surface area contributed by atoms with Gasteiger partial charge in [0.25, 0.3) is 0 Å². The van der Waals surface area contributed by atoms with E-state index in [4.69, 9.17) is 15.6 Å². The Kier molecular flexibility index (Phi) is 8.35. The van der Waals surface area contributed by atoms with Crippen molar-refractivity contribution in [1.29, 1.82) is 0 Å². The molecule has 9 heteroatoms. The maximum absolute atomic E-state index is 12.2. The highest BCUT2D eigenvalue weighted by molar-refractivity contribution is 7.22. The molecule has 0 aliphatic carbocycles. The van der Waals surface area contributed by atoms with Crippen molar-refractivity contribution in [3.63, 3.8) is 0 Å². The number of carboxylic acid groups (broad SMARTS) is 1. The van der Waals surface area contributed by atoms with Crippen LogP contribution in [0.1, 0.15) is 36.0 Å². The van der Waals surface area contributed by atoms with E-state index in [1.807, 2.05) is 18.2 Å². The van der Waals surface area contributed by atoms with Gasteiger partial charge in [-0.2, -0.15) is 0 Å². The lowest BCUT2D eigenvalue weighted by molar-refractivity contribution is -0.140. The molecule has 5 rings (SSSR count). The first-order chi connectivity index (χ1) is 19.3. The number of phenols is 1. The number of aliphatic carboxylic acids is 1. The summed E-state index contributed by atoms with van der Waals surface area (Å²) in [5.74, 6) is -0.557. The van der Waals surface area contributed by atoms with Gasteiger partial charge in [-0.25, -0.2) is 0 Å². The summed E-state index contributed by atoms with van der Waals surface area (Å²) in [7, 11) is 1.72. The first-order valence-corrected chi connectivity index (χ1v) is 14.1. The number of anilines is 1. The summed E-state index contributed by atoms with van der Waals surface area (Å²) in [6, 6.07) is 18.1. The number of hydrogen-bond donors (Lipinski definition) is 4. The number of methoxy groups -OCH3 is 1. The molecule has 5 N–H and O–H groups in total. The van der Waals surface area contributed by atoms with Crippen LogP contribution in [0.15, 0.2) is 60.7 Å². The van der Waals surface area contributed by atoms with Gasteiger partial charge in [-0.05, 0) is 90.8 Å². The summed E-state index contributed by atoms with van der Waals surface area (Å²) in [6.07, 6.45) is 2.87. The summed E-state index contributed by atoms with van der Waals surface area (Å²) in [4.78, 5) is 26.6. The largest absolute Gasteiger partial charge is 0.508 e. The fraction of sp³-hybridized carbons (Fsp3) is 0.290. The minimum absolute atomic E-state index is 0.220. The van der Waals surface area contributed by atoms with Crippen molar-refractivity contribution in [2.75, 3.05) is 25.5 Å². The maximum Gasteiger partial charge on any atom is 0.321 e. The van der Waals surface area contributed by atoms with Gasteiger partial charge in [-0.3, -0.25) is 14.5 Å². The molecule has 1 fully saturated rings. The normalized spacial score (nSPS) is 14.3.